The number of fused-ring (bicyclic) bond motifs is 2. The van der Waals surface area contributed by atoms with Gasteiger partial charge in [0.25, 0.3) is 0 Å². The first-order valence-electron chi connectivity index (χ1n) is 6.31. The zero-order valence-electron chi connectivity index (χ0n) is 11.1. The van der Waals surface area contributed by atoms with Crippen molar-refractivity contribution in [2.45, 2.75) is 6.92 Å². The van der Waals surface area contributed by atoms with Gasteiger partial charge in [-0.25, -0.2) is 0 Å². The van der Waals surface area contributed by atoms with Crippen molar-refractivity contribution in [1.82, 2.24) is 20.4 Å². The summed E-state index contributed by atoms with van der Waals surface area (Å²) >= 11 is 0. The summed E-state index contributed by atoms with van der Waals surface area (Å²) in [5.41, 5.74) is 9.71. The summed E-state index contributed by atoms with van der Waals surface area (Å²) in [6.07, 6.45) is 3.59. The summed E-state index contributed by atoms with van der Waals surface area (Å²) in [4.78, 5) is 0. The smallest absolute Gasteiger partial charge is 0.0651 e. The van der Waals surface area contributed by atoms with Crippen molar-refractivity contribution >= 4 is 27.5 Å². The molecular formula is C15H15N5. The highest BCUT2D eigenvalue weighted by Gasteiger charge is 1.93. The number of hydrogen-bond donors (Lipinski definition) is 3. The van der Waals surface area contributed by atoms with E-state index < -0.39 is 0 Å². The Hall–Kier alpha value is -2.82. The van der Waals surface area contributed by atoms with Crippen LogP contribution in [0.25, 0.3) is 21.8 Å². The highest BCUT2D eigenvalue weighted by molar-refractivity contribution is 5.81. The number of aromatic amines is 2. The molecule has 0 unspecified atom stereocenters. The lowest BCUT2D eigenvalue weighted by Crippen LogP contribution is -1.81. The molecule has 4 aromatic rings. The molecule has 20 heavy (non-hydrogen) atoms. The molecule has 0 bridgehead atoms. The highest BCUT2D eigenvalue weighted by Crippen LogP contribution is 2.13. The molecule has 0 saturated carbocycles. The highest BCUT2D eigenvalue weighted by atomic mass is 15.1. The first-order chi connectivity index (χ1) is 9.72. The number of aryl methyl sites for hydroxylation is 1. The lowest BCUT2D eigenvalue weighted by Gasteiger charge is -1.89. The fourth-order valence-corrected chi connectivity index (χ4v) is 2.02. The Labute approximate surface area is 115 Å². The minimum atomic E-state index is 0.772. The molecule has 0 saturated heterocycles. The molecule has 0 aliphatic carbocycles. The second kappa shape index (κ2) is 5.05. The second-order valence-corrected chi connectivity index (χ2v) is 4.68. The Morgan fingerprint density at radius 1 is 0.850 bits per heavy atom. The lowest BCUT2D eigenvalue weighted by molar-refractivity contribution is 1.12. The van der Waals surface area contributed by atoms with Crippen molar-refractivity contribution < 1.29 is 0 Å². The first kappa shape index (κ1) is 12.2. The summed E-state index contributed by atoms with van der Waals surface area (Å²) in [6.45, 7) is 2.08. The molecule has 0 aliphatic rings. The van der Waals surface area contributed by atoms with Gasteiger partial charge in [0.05, 0.1) is 23.4 Å². The average Bonchev–Trinajstić information content (AvgIpc) is 3.06. The Kier molecular flexibility index (Phi) is 3.09. The van der Waals surface area contributed by atoms with Gasteiger partial charge in [-0.2, -0.15) is 10.2 Å². The molecule has 0 spiro atoms. The van der Waals surface area contributed by atoms with E-state index in [0.29, 0.717) is 0 Å². The van der Waals surface area contributed by atoms with Gasteiger partial charge in [0.15, 0.2) is 0 Å². The molecule has 0 amide bonds. The third-order valence-electron chi connectivity index (χ3n) is 3.06. The Balaban J connectivity index is 0.000000121. The molecule has 0 fully saturated rings. The van der Waals surface area contributed by atoms with Crippen LogP contribution in [0.5, 0.6) is 0 Å². The number of nitrogens with zero attached hydrogens (tertiary/aromatic N) is 2. The Morgan fingerprint density at radius 2 is 1.45 bits per heavy atom. The quantitative estimate of drug-likeness (QED) is 0.427. The van der Waals surface area contributed by atoms with Crippen LogP contribution in [0.2, 0.25) is 0 Å². The molecule has 2 aromatic heterocycles. The largest absolute Gasteiger partial charge is 0.399 e. The average molecular weight is 265 g/mol. The summed E-state index contributed by atoms with van der Waals surface area (Å²) < 4.78 is 0. The van der Waals surface area contributed by atoms with E-state index in [2.05, 4.69) is 39.5 Å². The Morgan fingerprint density at radius 3 is 2.15 bits per heavy atom. The number of nitrogens with one attached hydrogen (secondary N) is 2. The molecule has 2 heterocycles. The van der Waals surface area contributed by atoms with Gasteiger partial charge in [-0.05, 0) is 37.3 Å². The van der Waals surface area contributed by atoms with Crippen LogP contribution in [0.1, 0.15) is 5.56 Å². The summed E-state index contributed by atoms with van der Waals surface area (Å²) in [7, 11) is 0. The fourth-order valence-electron chi connectivity index (χ4n) is 2.02. The number of hydrogen-bond acceptors (Lipinski definition) is 3. The second-order valence-electron chi connectivity index (χ2n) is 4.68. The first-order valence-corrected chi connectivity index (χ1v) is 6.31. The number of aromatic nitrogens is 4. The molecule has 0 radical (unpaired) electrons. The minimum Gasteiger partial charge on any atom is -0.399 e. The predicted molar refractivity (Wildman–Crippen MR) is 81.3 cm³/mol. The minimum absolute atomic E-state index is 0.772. The van der Waals surface area contributed by atoms with Crippen LogP contribution in [0.4, 0.5) is 5.69 Å². The van der Waals surface area contributed by atoms with Gasteiger partial charge in [0, 0.05) is 16.5 Å². The SMILES string of the molecule is Cc1ccc2[nH]ncc2c1.Nc1ccc2[nH]ncc2c1. The maximum absolute atomic E-state index is 5.54. The molecule has 4 rings (SSSR count). The van der Waals surface area contributed by atoms with Crippen LogP contribution in [0.15, 0.2) is 48.8 Å². The van der Waals surface area contributed by atoms with E-state index in [0.717, 1.165) is 22.1 Å². The monoisotopic (exact) mass is 265 g/mol. The molecule has 0 atom stereocenters. The van der Waals surface area contributed by atoms with Crippen LogP contribution in [0.3, 0.4) is 0 Å². The molecule has 100 valence electrons. The van der Waals surface area contributed by atoms with Crippen molar-refractivity contribution in [1.29, 1.82) is 0 Å². The summed E-state index contributed by atoms with van der Waals surface area (Å²) in [5.74, 6) is 0. The molecule has 4 N–H and O–H groups in total. The third kappa shape index (κ3) is 2.47. The fraction of sp³-hybridized carbons (Fsp3) is 0.0667. The van der Waals surface area contributed by atoms with E-state index in [1.807, 2.05) is 30.5 Å². The number of anilines is 1. The number of benzene rings is 2. The van der Waals surface area contributed by atoms with Crippen molar-refractivity contribution in [3.8, 4) is 0 Å². The van der Waals surface area contributed by atoms with E-state index >= 15 is 0 Å². The topological polar surface area (TPSA) is 83.4 Å². The van der Waals surface area contributed by atoms with Gasteiger partial charge in [-0.15, -0.1) is 0 Å². The van der Waals surface area contributed by atoms with Crippen molar-refractivity contribution in [3.05, 3.63) is 54.4 Å². The van der Waals surface area contributed by atoms with E-state index in [9.17, 15) is 0 Å². The Bertz CT molecular complexity index is 771. The van der Waals surface area contributed by atoms with Gasteiger partial charge in [0.1, 0.15) is 0 Å². The molecule has 5 heteroatoms. The number of H-pyrrole nitrogens is 2. The zero-order valence-corrected chi connectivity index (χ0v) is 11.1. The van der Waals surface area contributed by atoms with Crippen LogP contribution in [0, 0.1) is 6.92 Å². The predicted octanol–water partition coefficient (Wildman–Crippen LogP) is 3.02. The lowest BCUT2D eigenvalue weighted by atomic mass is 10.2. The zero-order chi connectivity index (χ0) is 13.9. The van der Waals surface area contributed by atoms with Crippen LogP contribution in [-0.2, 0) is 0 Å². The molecule has 2 aromatic carbocycles. The van der Waals surface area contributed by atoms with Crippen LogP contribution < -0.4 is 5.73 Å². The summed E-state index contributed by atoms with van der Waals surface area (Å²) in [5, 5.41) is 15.8. The van der Waals surface area contributed by atoms with E-state index in [1.54, 1.807) is 6.20 Å². The van der Waals surface area contributed by atoms with Gasteiger partial charge >= 0.3 is 0 Å². The standard InChI is InChI=1S/C8H8N2.C7H7N3/c1-6-2-3-8-7(4-6)5-9-10-8;8-6-1-2-7-5(3-6)4-9-10-7/h2-5H,1H3,(H,9,10);1-4H,8H2,(H,9,10). The maximum Gasteiger partial charge on any atom is 0.0651 e. The molecule has 0 aliphatic heterocycles. The number of nitrogen functional groups attached to an aromatic ring is 1. The van der Waals surface area contributed by atoms with Crippen LogP contribution >= 0.6 is 0 Å². The van der Waals surface area contributed by atoms with Gasteiger partial charge in [-0.1, -0.05) is 11.6 Å². The van der Waals surface area contributed by atoms with Crippen molar-refractivity contribution in [2.75, 3.05) is 5.73 Å². The number of rotatable bonds is 0. The van der Waals surface area contributed by atoms with Gasteiger partial charge in [-0.3, -0.25) is 10.2 Å². The molecule has 5 nitrogen and oxygen atoms in total. The van der Waals surface area contributed by atoms with E-state index in [4.69, 9.17) is 5.73 Å². The third-order valence-corrected chi connectivity index (χ3v) is 3.06. The summed E-state index contributed by atoms with van der Waals surface area (Å²) in [6, 6.07) is 11.9. The normalized spacial score (nSPS) is 10.4. The van der Waals surface area contributed by atoms with Crippen molar-refractivity contribution in [2.24, 2.45) is 0 Å². The number of nitrogens with two attached hydrogens (primary N) is 1. The van der Waals surface area contributed by atoms with Gasteiger partial charge < -0.3 is 5.73 Å². The van der Waals surface area contributed by atoms with Gasteiger partial charge in [0.2, 0.25) is 0 Å². The molecular weight excluding hydrogens is 250 g/mol. The van der Waals surface area contributed by atoms with Crippen molar-refractivity contribution in [3.63, 3.8) is 0 Å². The van der Waals surface area contributed by atoms with E-state index in [-0.39, 0.29) is 0 Å². The maximum atomic E-state index is 5.54. The van der Waals surface area contributed by atoms with Crippen LogP contribution in [-0.4, -0.2) is 20.4 Å². The van der Waals surface area contributed by atoms with E-state index in [1.165, 1.54) is 10.9 Å².